The lowest BCUT2D eigenvalue weighted by atomic mass is 10.3. The van der Waals surface area contributed by atoms with E-state index in [0.29, 0.717) is 19.0 Å². The summed E-state index contributed by atoms with van der Waals surface area (Å²) in [6, 6.07) is 7.58. The van der Waals surface area contributed by atoms with Crippen molar-refractivity contribution in [2.75, 3.05) is 6.61 Å². The van der Waals surface area contributed by atoms with E-state index in [1.165, 1.54) is 0 Å². The van der Waals surface area contributed by atoms with Crippen molar-refractivity contribution < 1.29 is 4.74 Å². The van der Waals surface area contributed by atoms with Crippen molar-refractivity contribution in [3.63, 3.8) is 0 Å². The van der Waals surface area contributed by atoms with Crippen molar-refractivity contribution in [2.24, 2.45) is 5.73 Å². The predicted octanol–water partition coefficient (Wildman–Crippen LogP) is 2.14. The molecule has 0 saturated carbocycles. The molecule has 2 rings (SSSR count). The van der Waals surface area contributed by atoms with Gasteiger partial charge in [0.05, 0.1) is 12.6 Å². The van der Waals surface area contributed by atoms with Crippen LogP contribution in [0.4, 0.5) is 0 Å². The molecule has 0 saturated heterocycles. The summed E-state index contributed by atoms with van der Waals surface area (Å²) in [4.78, 5) is 4.12. The summed E-state index contributed by atoms with van der Waals surface area (Å²) in [5.41, 5.74) is 5.69. The Morgan fingerprint density at radius 2 is 2.11 bits per heavy atom. The van der Waals surface area contributed by atoms with Crippen LogP contribution in [0.2, 0.25) is 0 Å². The van der Waals surface area contributed by atoms with Crippen LogP contribution in [-0.2, 0) is 6.54 Å². The van der Waals surface area contributed by atoms with Crippen molar-refractivity contribution in [1.82, 2.24) is 14.8 Å². The first-order valence-corrected chi connectivity index (χ1v) is 6.48. The molecular formula is C12H15BrN4O. The number of rotatable bonds is 5. The normalized spacial score (nSPS) is 12.4. The monoisotopic (exact) mass is 310 g/mol. The third-order valence-electron chi connectivity index (χ3n) is 2.36. The molecule has 1 aromatic heterocycles. The number of hydrogen-bond donors (Lipinski definition) is 1. The van der Waals surface area contributed by atoms with Gasteiger partial charge in [0.25, 0.3) is 0 Å². The smallest absolute Gasteiger partial charge is 0.166 e. The molecule has 6 heteroatoms. The SMILES string of the molecule is CC(N)c1ncn(CCOc2ccc(Br)cc2)n1. The van der Waals surface area contributed by atoms with E-state index >= 15 is 0 Å². The van der Waals surface area contributed by atoms with Gasteiger partial charge in [0.1, 0.15) is 18.7 Å². The van der Waals surface area contributed by atoms with Crippen LogP contribution in [0.5, 0.6) is 5.75 Å². The highest BCUT2D eigenvalue weighted by atomic mass is 79.9. The van der Waals surface area contributed by atoms with Crippen LogP contribution in [-0.4, -0.2) is 21.4 Å². The third kappa shape index (κ3) is 3.54. The summed E-state index contributed by atoms with van der Waals surface area (Å²) in [5.74, 6) is 1.49. The molecule has 2 aromatic rings. The zero-order valence-corrected chi connectivity index (χ0v) is 11.7. The van der Waals surface area contributed by atoms with Crippen molar-refractivity contribution >= 4 is 15.9 Å². The van der Waals surface area contributed by atoms with Gasteiger partial charge in [-0.3, -0.25) is 0 Å². The van der Waals surface area contributed by atoms with Crippen LogP contribution in [0.1, 0.15) is 18.8 Å². The molecule has 0 aliphatic heterocycles. The van der Waals surface area contributed by atoms with Crippen LogP contribution in [0.15, 0.2) is 35.1 Å². The Morgan fingerprint density at radius 3 is 2.72 bits per heavy atom. The molecule has 1 atom stereocenters. The fourth-order valence-electron chi connectivity index (χ4n) is 1.41. The molecule has 5 nitrogen and oxygen atoms in total. The fourth-order valence-corrected chi connectivity index (χ4v) is 1.68. The maximum absolute atomic E-state index is 5.69. The molecular weight excluding hydrogens is 296 g/mol. The summed E-state index contributed by atoms with van der Waals surface area (Å²) in [7, 11) is 0. The number of benzene rings is 1. The lowest BCUT2D eigenvalue weighted by molar-refractivity contribution is 0.290. The van der Waals surface area contributed by atoms with Gasteiger partial charge in [-0.2, -0.15) is 5.10 Å². The second-order valence-electron chi connectivity index (χ2n) is 3.96. The van der Waals surface area contributed by atoms with E-state index in [9.17, 15) is 0 Å². The van der Waals surface area contributed by atoms with Crippen LogP contribution < -0.4 is 10.5 Å². The quantitative estimate of drug-likeness (QED) is 0.919. The Balaban J connectivity index is 1.82. The summed E-state index contributed by atoms with van der Waals surface area (Å²) in [6.07, 6.45) is 1.67. The summed E-state index contributed by atoms with van der Waals surface area (Å²) in [5, 5.41) is 4.25. The van der Waals surface area contributed by atoms with Gasteiger partial charge >= 0.3 is 0 Å². The molecule has 0 radical (unpaired) electrons. The highest BCUT2D eigenvalue weighted by Gasteiger charge is 2.05. The van der Waals surface area contributed by atoms with E-state index in [0.717, 1.165) is 10.2 Å². The van der Waals surface area contributed by atoms with Gasteiger partial charge in [-0.15, -0.1) is 0 Å². The van der Waals surface area contributed by atoms with E-state index in [1.54, 1.807) is 11.0 Å². The molecule has 2 N–H and O–H groups in total. The van der Waals surface area contributed by atoms with Gasteiger partial charge in [-0.05, 0) is 31.2 Å². The van der Waals surface area contributed by atoms with E-state index in [2.05, 4.69) is 26.0 Å². The molecule has 0 aliphatic rings. The third-order valence-corrected chi connectivity index (χ3v) is 2.89. The number of hydrogen-bond acceptors (Lipinski definition) is 4. The minimum Gasteiger partial charge on any atom is -0.492 e. The molecule has 0 spiro atoms. The number of halogens is 1. The van der Waals surface area contributed by atoms with Crippen LogP contribution >= 0.6 is 15.9 Å². The lowest BCUT2D eigenvalue weighted by Gasteiger charge is -2.05. The van der Waals surface area contributed by atoms with Gasteiger partial charge < -0.3 is 10.5 Å². The molecule has 0 bridgehead atoms. The first-order chi connectivity index (χ1) is 8.65. The lowest BCUT2D eigenvalue weighted by Crippen LogP contribution is -2.11. The highest BCUT2D eigenvalue weighted by molar-refractivity contribution is 9.10. The number of aromatic nitrogens is 3. The Hall–Kier alpha value is -1.40. The summed E-state index contributed by atoms with van der Waals surface area (Å²) in [6.45, 7) is 3.05. The predicted molar refractivity (Wildman–Crippen MR) is 72.3 cm³/mol. The van der Waals surface area contributed by atoms with Crippen LogP contribution in [0.25, 0.3) is 0 Å². The Labute approximate surface area is 114 Å². The molecule has 0 fully saturated rings. The minimum atomic E-state index is -0.140. The Kier molecular flexibility index (Phi) is 4.33. The second kappa shape index (κ2) is 5.97. The van der Waals surface area contributed by atoms with Gasteiger partial charge in [0.15, 0.2) is 5.82 Å². The van der Waals surface area contributed by atoms with Gasteiger partial charge in [0.2, 0.25) is 0 Å². The van der Waals surface area contributed by atoms with E-state index < -0.39 is 0 Å². The number of nitrogens with two attached hydrogens (primary N) is 1. The van der Waals surface area contributed by atoms with Crippen molar-refractivity contribution in [2.45, 2.75) is 19.5 Å². The Morgan fingerprint density at radius 1 is 1.39 bits per heavy atom. The first-order valence-electron chi connectivity index (χ1n) is 5.68. The van der Waals surface area contributed by atoms with Gasteiger partial charge in [-0.25, -0.2) is 9.67 Å². The highest BCUT2D eigenvalue weighted by Crippen LogP contribution is 2.15. The van der Waals surface area contributed by atoms with E-state index in [1.807, 2.05) is 31.2 Å². The topological polar surface area (TPSA) is 66.0 Å². The van der Waals surface area contributed by atoms with Crippen LogP contribution in [0.3, 0.4) is 0 Å². The average molecular weight is 311 g/mol. The molecule has 1 unspecified atom stereocenters. The molecule has 18 heavy (non-hydrogen) atoms. The maximum Gasteiger partial charge on any atom is 0.166 e. The minimum absolute atomic E-state index is 0.140. The van der Waals surface area contributed by atoms with E-state index in [4.69, 9.17) is 10.5 Å². The van der Waals surface area contributed by atoms with Crippen molar-refractivity contribution in [1.29, 1.82) is 0 Å². The molecule has 0 amide bonds. The molecule has 96 valence electrons. The zero-order valence-electron chi connectivity index (χ0n) is 10.1. The molecule has 0 aliphatic carbocycles. The van der Waals surface area contributed by atoms with Crippen LogP contribution in [0, 0.1) is 0 Å². The second-order valence-corrected chi connectivity index (χ2v) is 4.87. The van der Waals surface area contributed by atoms with Crippen molar-refractivity contribution in [3.8, 4) is 5.75 Å². The Bertz CT molecular complexity index is 495. The van der Waals surface area contributed by atoms with Crippen molar-refractivity contribution in [3.05, 3.63) is 40.9 Å². The average Bonchev–Trinajstić information content (AvgIpc) is 2.81. The fraction of sp³-hybridized carbons (Fsp3) is 0.333. The number of ether oxygens (including phenoxy) is 1. The van der Waals surface area contributed by atoms with Gasteiger partial charge in [-0.1, -0.05) is 15.9 Å². The largest absolute Gasteiger partial charge is 0.492 e. The van der Waals surface area contributed by atoms with E-state index in [-0.39, 0.29) is 6.04 Å². The maximum atomic E-state index is 5.69. The summed E-state index contributed by atoms with van der Waals surface area (Å²) < 4.78 is 8.36. The standard InChI is InChI=1S/C12H15BrN4O/c1-9(14)12-15-8-17(16-12)6-7-18-11-4-2-10(13)3-5-11/h2-5,8-9H,6-7,14H2,1H3. The summed E-state index contributed by atoms with van der Waals surface area (Å²) >= 11 is 3.38. The molecule has 1 heterocycles. The first kappa shape index (κ1) is 13.0. The van der Waals surface area contributed by atoms with Gasteiger partial charge in [0, 0.05) is 4.47 Å². The number of nitrogens with zero attached hydrogens (tertiary/aromatic N) is 3. The molecule has 1 aromatic carbocycles. The zero-order chi connectivity index (χ0) is 13.0.